The van der Waals surface area contributed by atoms with Gasteiger partial charge in [-0.3, -0.25) is 11.3 Å². The third-order valence-corrected chi connectivity index (χ3v) is 3.56. The Morgan fingerprint density at radius 3 is 2.35 bits per heavy atom. The van der Waals surface area contributed by atoms with Crippen LogP contribution in [0.1, 0.15) is 31.9 Å². The number of hydrogen-bond acceptors (Lipinski definition) is 4. The summed E-state index contributed by atoms with van der Waals surface area (Å²) in [5.41, 5.74) is 5.25. The minimum Gasteiger partial charge on any atom is -0.496 e. The minimum absolute atomic E-state index is 0.00282. The molecule has 0 aliphatic heterocycles. The van der Waals surface area contributed by atoms with Crippen molar-refractivity contribution in [1.29, 1.82) is 0 Å². The van der Waals surface area contributed by atoms with Crippen LogP contribution in [0, 0.1) is 12.3 Å². The van der Waals surface area contributed by atoms with E-state index in [1.807, 2.05) is 12.1 Å². The minimum atomic E-state index is 0.00282. The van der Waals surface area contributed by atoms with Gasteiger partial charge in [0.15, 0.2) is 0 Å². The largest absolute Gasteiger partial charge is 0.496 e. The van der Waals surface area contributed by atoms with Gasteiger partial charge in [-0.25, -0.2) is 0 Å². The van der Waals surface area contributed by atoms with Crippen molar-refractivity contribution < 1.29 is 9.47 Å². The van der Waals surface area contributed by atoms with E-state index in [0.717, 1.165) is 17.7 Å². The van der Waals surface area contributed by atoms with Crippen LogP contribution in [0.25, 0.3) is 0 Å². The van der Waals surface area contributed by atoms with E-state index in [4.69, 9.17) is 15.3 Å². The van der Waals surface area contributed by atoms with Crippen molar-refractivity contribution in [1.82, 2.24) is 5.43 Å². The molecular weight excluding hydrogens is 252 g/mol. The second-order valence-corrected chi connectivity index (χ2v) is 6.31. The first-order valence-corrected chi connectivity index (χ1v) is 6.96. The lowest BCUT2D eigenvalue weighted by atomic mass is 9.82. The van der Waals surface area contributed by atoms with Crippen LogP contribution < -0.4 is 16.0 Å². The maximum absolute atomic E-state index is 5.75. The number of hydrogen-bond donors (Lipinski definition) is 2. The van der Waals surface area contributed by atoms with Gasteiger partial charge in [0.1, 0.15) is 5.75 Å². The predicted octanol–water partition coefficient (Wildman–Crippen LogP) is 2.44. The Hall–Kier alpha value is -1.10. The van der Waals surface area contributed by atoms with Crippen molar-refractivity contribution >= 4 is 0 Å². The molecule has 0 heterocycles. The molecular formula is C16H28N2O2. The van der Waals surface area contributed by atoms with Gasteiger partial charge in [-0.05, 0) is 30.4 Å². The van der Waals surface area contributed by atoms with E-state index < -0.39 is 0 Å². The number of hydrazine groups is 1. The van der Waals surface area contributed by atoms with E-state index in [0.29, 0.717) is 0 Å². The molecule has 4 nitrogen and oxygen atoms in total. The van der Waals surface area contributed by atoms with E-state index >= 15 is 0 Å². The number of methoxy groups -OCH3 is 2. The van der Waals surface area contributed by atoms with Crippen LogP contribution in [-0.4, -0.2) is 26.4 Å². The van der Waals surface area contributed by atoms with Crippen LogP contribution in [0.4, 0.5) is 0 Å². The zero-order valence-electron chi connectivity index (χ0n) is 13.5. The van der Waals surface area contributed by atoms with Crippen molar-refractivity contribution in [2.45, 2.75) is 46.3 Å². The van der Waals surface area contributed by atoms with Crippen molar-refractivity contribution in [2.75, 3.05) is 14.2 Å². The molecule has 1 aromatic rings. The van der Waals surface area contributed by atoms with E-state index in [9.17, 15) is 0 Å². The summed E-state index contributed by atoms with van der Waals surface area (Å²) in [6.45, 7) is 8.53. The normalized spacial score (nSPS) is 14.9. The van der Waals surface area contributed by atoms with Gasteiger partial charge in [0.05, 0.1) is 19.3 Å². The van der Waals surface area contributed by atoms with Gasteiger partial charge in [-0.1, -0.05) is 38.5 Å². The summed E-state index contributed by atoms with van der Waals surface area (Å²) in [6, 6.07) is 6.20. The number of rotatable bonds is 6. The fraction of sp³-hybridized carbons (Fsp3) is 0.625. The quantitative estimate of drug-likeness (QED) is 0.621. The summed E-state index contributed by atoms with van der Waals surface area (Å²) in [6.07, 6.45) is 0.773. The van der Waals surface area contributed by atoms with E-state index in [1.165, 1.54) is 5.56 Å². The van der Waals surface area contributed by atoms with Crippen LogP contribution in [0.5, 0.6) is 5.75 Å². The highest BCUT2D eigenvalue weighted by molar-refractivity contribution is 5.37. The molecule has 0 radical (unpaired) electrons. The molecule has 0 saturated carbocycles. The van der Waals surface area contributed by atoms with E-state index in [2.05, 4.69) is 39.2 Å². The molecule has 1 rings (SSSR count). The van der Waals surface area contributed by atoms with E-state index in [-0.39, 0.29) is 17.6 Å². The van der Waals surface area contributed by atoms with Gasteiger partial charge in [0, 0.05) is 7.11 Å². The van der Waals surface area contributed by atoms with Crippen LogP contribution >= 0.6 is 0 Å². The van der Waals surface area contributed by atoms with Crippen LogP contribution in [0.3, 0.4) is 0 Å². The monoisotopic (exact) mass is 280 g/mol. The number of aryl methyl sites for hydroxylation is 1. The molecule has 4 heteroatoms. The highest BCUT2D eigenvalue weighted by atomic mass is 16.5. The molecule has 3 N–H and O–H groups in total. The Balaban J connectivity index is 3.01. The van der Waals surface area contributed by atoms with Crippen molar-refractivity contribution in [3.8, 4) is 5.75 Å². The summed E-state index contributed by atoms with van der Waals surface area (Å²) in [7, 11) is 3.42. The van der Waals surface area contributed by atoms with Gasteiger partial charge in [0.25, 0.3) is 0 Å². The lowest BCUT2D eigenvalue weighted by molar-refractivity contribution is -0.0111. The molecule has 0 fully saturated rings. The molecule has 0 aliphatic rings. The third-order valence-electron chi connectivity index (χ3n) is 3.56. The van der Waals surface area contributed by atoms with Crippen molar-refractivity contribution in [2.24, 2.45) is 11.3 Å². The Bertz CT molecular complexity index is 427. The van der Waals surface area contributed by atoms with Crippen LogP contribution in [0.15, 0.2) is 18.2 Å². The molecule has 0 aliphatic carbocycles. The van der Waals surface area contributed by atoms with Crippen LogP contribution in [-0.2, 0) is 11.2 Å². The summed E-state index contributed by atoms with van der Waals surface area (Å²) in [5, 5.41) is 0. The molecule has 0 saturated heterocycles. The molecule has 114 valence electrons. The fourth-order valence-corrected chi connectivity index (χ4v) is 2.68. The van der Waals surface area contributed by atoms with Gasteiger partial charge >= 0.3 is 0 Å². The third kappa shape index (κ3) is 4.20. The van der Waals surface area contributed by atoms with E-state index in [1.54, 1.807) is 14.2 Å². The molecule has 0 spiro atoms. The molecule has 0 bridgehead atoms. The van der Waals surface area contributed by atoms with Gasteiger partial charge in [-0.2, -0.15) is 0 Å². The Labute approximate surface area is 122 Å². The number of nitrogens with two attached hydrogens (primary N) is 1. The number of ether oxygens (including phenoxy) is 2. The summed E-state index contributed by atoms with van der Waals surface area (Å²) in [4.78, 5) is 0. The van der Waals surface area contributed by atoms with Gasteiger partial charge in [-0.15, -0.1) is 0 Å². The average molecular weight is 280 g/mol. The topological polar surface area (TPSA) is 56.5 Å². The number of nitrogens with one attached hydrogen (secondary N) is 1. The Morgan fingerprint density at radius 2 is 1.90 bits per heavy atom. The lowest BCUT2D eigenvalue weighted by Crippen LogP contribution is -2.51. The summed E-state index contributed by atoms with van der Waals surface area (Å²) in [5.74, 6) is 6.64. The SMILES string of the molecule is COc1ccc(C)cc1CC(NN)C(OC)C(C)(C)C. The van der Waals surface area contributed by atoms with Crippen molar-refractivity contribution in [3.05, 3.63) is 29.3 Å². The van der Waals surface area contributed by atoms with Crippen LogP contribution in [0.2, 0.25) is 0 Å². The highest BCUT2D eigenvalue weighted by Crippen LogP contribution is 2.28. The predicted molar refractivity (Wildman–Crippen MR) is 82.8 cm³/mol. The molecule has 20 heavy (non-hydrogen) atoms. The van der Waals surface area contributed by atoms with Crippen molar-refractivity contribution in [3.63, 3.8) is 0 Å². The average Bonchev–Trinajstić information content (AvgIpc) is 2.37. The molecule has 1 aromatic carbocycles. The maximum atomic E-state index is 5.75. The second kappa shape index (κ2) is 7.07. The summed E-state index contributed by atoms with van der Waals surface area (Å²) >= 11 is 0. The summed E-state index contributed by atoms with van der Waals surface area (Å²) < 4.78 is 11.1. The Kier molecular flexibility index (Phi) is 5.99. The van der Waals surface area contributed by atoms with Gasteiger partial charge in [0.2, 0.25) is 0 Å². The standard InChI is InChI=1S/C16H28N2O2/c1-11-7-8-14(19-5)12(9-11)10-13(18-17)15(20-6)16(2,3)4/h7-9,13,15,18H,10,17H2,1-6H3. The first-order chi connectivity index (χ1) is 9.33. The Morgan fingerprint density at radius 1 is 1.25 bits per heavy atom. The smallest absolute Gasteiger partial charge is 0.122 e. The molecule has 0 aromatic heterocycles. The molecule has 0 amide bonds. The first-order valence-electron chi connectivity index (χ1n) is 6.96. The second-order valence-electron chi connectivity index (χ2n) is 6.31. The molecule has 2 atom stereocenters. The maximum Gasteiger partial charge on any atom is 0.122 e. The highest BCUT2D eigenvalue weighted by Gasteiger charge is 2.32. The lowest BCUT2D eigenvalue weighted by Gasteiger charge is -2.36. The zero-order valence-corrected chi connectivity index (χ0v) is 13.5. The zero-order chi connectivity index (χ0) is 15.3. The van der Waals surface area contributed by atoms with Gasteiger partial charge < -0.3 is 9.47 Å². The number of benzene rings is 1. The fourth-order valence-electron chi connectivity index (χ4n) is 2.68. The first kappa shape index (κ1) is 17.0. The molecule has 2 unspecified atom stereocenters.